The summed E-state index contributed by atoms with van der Waals surface area (Å²) in [6.07, 6.45) is 3.10. The number of ketones is 1. The number of aromatic nitrogens is 2. The Balaban J connectivity index is 1.89. The summed E-state index contributed by atoms with van der Waals surface area (Å²) in [6.45, 7) is 0. The Labute approximate surface area is 149 Å². The summed E-state index contributed by atoms with van der Waals surface area (Å²) in [5.74, 6) is -0.000837. The molecule has 0 aliphatic carbocycles. The average molecular weight is 358 g/mol. The lowest BCUT2D eigenvalue weighted by Gasteiger charge is -2.15. The first-order valence-corrected chi connectivity index (χ1v) is 9.49. The van der Waals surface area contributed by atoms with Crippen LogP contribution in [0.3, 0.4) is 0 Å². The van der Waals surface area contributed by atoms with Crippen molar-refractivity contribution in [1.82, 2.24) is 9.55 Å². The van der Waals surface area contributed by atoms with Gasteiger partial charge in [0, 0.05) is 42.7 Å². The Morgan fingerprint density at radius 2 is 2.04 bits per heavy atom. The predicted octanol–water partition coefficient (Wildman–Crippen LogP) is 3.36. The van der Waals surface area contributed by atoms with Crippen LogP contribution in [0.25, 0.3) is 0 Å². The second-order valence-electron chi connectivity index (χ2n) is 5.58. The number of hydrogen-bond acceptors (Lipinski definition) is 5. The zero-order valence-electron chi connectivity index (χ0n) is 13.7. The van der Waals surface area contributed by atoms with Crippen molar-refractivity contribution in [2.24, 2.45) is 18.0 Å². The Kier molecular flexibility index (Phi) is 5.37. The minimum Gasteiger partial charge on any atom is -0.324 e. The second-order valence-corrected chi connectivity index (χ2v) is 7.32. The zero-order chi connectivity index (χ0) is 16.9. The maximum Gasteiger partial charge on any atom is 0.195 e. The van der Waals surface area contributed by atoms with Crippen LogP contribution in [0.2, 0.25) is 0 Å². The van der Waals surface area contributed by atoms with Gasteiger partial charge in [-0.1, -0.05) is 30.3 Å². The summed E-state index contributed by atoms with van der Waals surface area (Å²) in [5.41, 5.74) is 2.30. The summed E-state index contributed by atoms with van der Waals surface area (Å²) in [6, 6.07) is 10.2. The molecule has 0 fully saturated rings. The van der Waals surface area contributed by atoms with E-state index in [2.05, 4.69) is 32.1 Å². The molecule has 0 amide bonds. The molecule has 0 unspecified atom stereocenters. The summed E-state index contributed by atoms with van der Waals surface area (Å²) in [7, 11) is 3.79. The minimum absolute atomic E-state index is 0.120. The molecule has 1 atom stereocenters. The molecule has 0 N–H and O–H groups in total. The van der Waals surface area contributed by atoms with Gasteiger partial charge >= 0.3 is 0 Å². The lowest BCUT2D eigenvalue weighted by atomic mass is 9.91. The van der Waals surface area contributed by atoms with E-state index in [0.717, 1.165) is 10.5 Å². The van der Waals surface area contributed by atoms with Crippen LogP contribution in [-0.2, 0) is 19.9 Å². The molecular weight excluding hydrogens is 338 g/mol. The maximum atomic E-state index is 12.9. The minimum atomic E-state index is -0.121. The molecule has 24 heavy (non-hydrogen) atoms. The van der Waals surface area contributed by atoms with Crippen molar-refractivity contribution < 1.29 is 4.79 Å². The molecule has 0 aliphatic heterocycles. The number of carbonyl (C=O) groups is 1. The molecule has 124 valence electrons. The van der Waals surface area contributed by atoms with Gasteiger partial charge in [0.05, 0.1) is 0 Å². The van der Waals surface area contributed by atoms with E-state index in [1.54, 1.807) is 24.6 Å². The molecule has 4 nitrogen and oxygen atoms in total. The van der Waals surface area contributed by atoms with Crippen molar-refractivity contribution in [1.29, 1.82) is 0 Å². The van der Waals surface area contributed by atoms with Gasteiger partial charge in [-0.05, 0) is 18.4 Å². The van der Waals surface area contributed by atoms with Crippen molar-refractivity contribution in [2.45, 2.75) is 12.8 Å². The third-order valence-corrected chi connectivity index (χ3v) is 5.85. The van der Waals surface area contributed by atoms with Crippen molar-refractivity contribution in [3.8, 4) is 0 Å². The van der Waals surface area contributed by atoms with Gasteiger partial charge in [-0.3, -0.25) is 9.79 Å². The van der Waals surface area contributed by atoms with Crippen LogP contribution in [0.5, 0.6) is 0 Å². The van der Waals surface area contributed by atoms with Crippen LogP contribution >= 0.6 is 22.7 Å². The molecule has 0 radical (unpaired) electrons. The Hall–Kier alpha value is -2.05. The fourth-order valence-electron chi connectivity index (χ4n) is 2.72. The highest BCUT2D eigenvalue weighted by Gasteiger charge is 2.24. The highest BCUT2D eigenvalue weighted by Crippen LogP contribution is 2.21. The summed E-state index contributed by atoms with van der Waals surface area (Å²) in [4.78, 5) is 22.4. The largest absolute Gasteiger partial charge is 0.324 e. The van der Waals surface area contributed by atoms with Crippen molar-refractivity contribution in [3.63, 3.8) is 0 Å². The zero-order valence-corrected chi connectivity index (χ0v) is 15.3. The summed E-state index contributed by atoms with van der Waals surface area (Å²) >= 11 is 3.02. The van der Waals surface area contributed by atoms with E-state index in [9.17, 15) is 4.79 Å². The van der Waals surface area contributed by atoms with E-state index in [1.165, 1.54) is 16.9 Å². The highest BCUT2D eigenvalue weighted by molar-refractivity contribution is 7.11. The third-order valence-electron chi connectivity index (χ3n) is 4.00. The summed E-state index contributed by atoms with van der Waals surface area (Å²) in [5, 5.41) is 4.54. The summed E-state index contributed by atoms with van der Waals surface area (Å²) < 4.78 is 2.07. The molecule has 2 aromatic heterocycles. The van der Waals surface area contributed by atoms with Crippen molar-refractivity contribution in [2.75, 3.05) is 7.05 Å². The van der Waals surface area contributed by atoms with Crippen LogP contribution in [0.15, 0.2) is 52.3 Å². The van der Waals surface area contributed by atoms with Gasteiger partial charge in [-0.25, -0.2) is 4.98 Å². The molecule has 0 saturated carbocycles. The van der Waals surface area contributed by atoms with E-state index in [1.807, 2.05) is 30.6 Å². The first kappa shape index (κ1) is 16.8. The van der Waals surface area contributed by atoms with Crippen LogP contribution in [0, 0.1) is 5.92 Å². The second kappa shape index (κ2) is 7.68. The van der Waals surface area contributed by atoms with Gasteiger partial charge in [-0.2, -0.15) is 0 Å². The number of benzene rings is 1. The number of rotatable bonds is 6. The SMILES string of the molecule is CN=c1scc(C[C@@H](Cc2ccccc2)C(=O)c2nccs2)n1C. The maximum absolute atomic E-state index is 12.9. The lowest BCUT2D eigenvalue weighted by Crippen LogP contribution is -2.23. The number of hydrogen-bond donors (Lipinski definition) is 0. The van der Waals surface area contributed by atoms with Gasteiger partial charge in [-0.15, -0.1) is 22.7 Å². The quantitative estimate of drug-likeness (QED) is 0.635. The van der Waals surface area contributed by atoms with E-state index >= 15 is 0 Å². The van der Waals surface area contributed by atoms with E-state index < -0.39 is 0 Å². The normalized spacial score (nSPS) is 13.2. The molecule has 0 aliphatic rings. The fourth-order valence-corrected chi connectivity index (χ4v) is 4.25. The number of Topliss-reactive ketones (excluding diaryl/α,β-unsaturated/α-hetero) is 1. The van der Waals surface area contributed by atoms with Crippen LogP contribution in [-0.4, -0.2) is 22.4 Å². The van der Waals surface area contributed by atoms with Crippen LogP contribution < -0.4 is 4.80 Å². The smallest absolute Gasteiger partial charge is 0.195 e. The van der Waals surface area contributed by atoms with E-state index in [4.69, 9.17) is 0 Å². The Morgan fingerprint density at radius 3 is 2.67 bits per heavy atom. The highest BCUT2D eigenvalue weighted by atomic mass is 32.1. The van der Waals surface area contributed by atoms with E-state index in [-0.39, 0.29) is 11.7 Å². The molecule has 0 bridgehead atoms. The molecule has 2 heterocycles. The molecule has 0 saturated heterocycles. The standard InChI is InChI=1S/C18H19N3OS2/c1-19-18-21(2)15(12-24-18)11-14(10-13-6-4-3-5-7-13)16(22)17-20-8-9-23-17/h3-9,12,14H,10-11H2,1-2H3/t14-/m1/s1. The van der Waals surface area contributed by atoms with Gasteiger partial charge in [0.2, 0.25) is 0 Å². The fraction of sp³-hybridized carbons (Fsp3) is 0.278. The third kappa shape index (κ3) is 3.71. The molecule has 3 rings (SSSR count). The van der Waals surface area contributed by atoms with E-state index in [0.29, 0.717) is 17.8 Å². The van der Waals surface area contributed by atoms with Gasteiger partial charge < -0.3 is 4.57 Å². The van der Waals surface area contributed by atoms with Gasteiger partial charge in [0.1, 0.15) is 0 Å². The monoisotopic (exact) mass is 357 g/mol. The Bertz CT molecular complexity index is 863. The molecule has 6 heteroatoms. The topological polar surface area (TPSA) is 47.2 Å². The number of carbonyl (C=O) groups excluding carboxylic acids is 1. The lowest BCUT2D eigenvalue weighted by molar-refractivity contribution is 0.0917. The molecular formula is C18H19N3OS2. The van der Waals surface area contributed by atoms with Crippen molar-refractivity contribution in [3.05, 3.63) is 68.4 Å². The van der Waals surface area contributed by atoms with Crippen LogP contribution in [0.1, 0.15) is 21.1 Å². The molecule has 3 aromatic rings. The molecule has 0 spiro atoms. The van der Waals surface area contributed by atoms with Gasteiger partial charge in [0.25, 0.3) is 0 Å². The van der Waals surface area contributed by atoms with Gasteiger partial charge in [0.15, 0.2) is 15.6 Å². The van der Waals surface area contributed by atoms with Crippen LogP contribution in [0.4, 0.5) is 0 Å². The number of nitrogens with zero attached hydrogens (tertiary/aromatic N) is 3. The first-order chi connectivity index (χ1) is 11.7. The molecule has 1 aromatic carbocycles. The first-order valence-electron chi connectivity index (χ1n) is 7.73. The van der Waals surface area contributed by atoms with Crippen molar-refractivity contribution >= 4 is 28.5 Å². The average Bonchev–Trinajstić information content (AvgIpc) is 3.25. The number of thiazole rings is 2. The Morgan fingerprint density at radius 1 is 1.25 bits per heavy atom. The predicted molar refractivity (Wildman–Crippen MR) is 98.6 cm³/mol.